The number of fused-ring (bicyclic) bond motifs is 1. The third kappa shape index (κ3) is 3.81. The van der Waals surface area contributed by atoms with Crippen LogP contribution in [0.4, 0.5) is 17.7 Å². The van der Waals surface area contributed by atoms with E-state index in [9.17, 15) is 0 Å². The first-order chi connectivity index (χ1) is 12.7. The monoisotopic (exact) mass is 387 g/mol. The van der Waals surface area contributed by atoms with E-state index in [1.165, 1.54) is 0 Å². The number of hydrogen-bond donors (Lipinski definition) is 4. The Balaban J connectivity index is 0.00000210. The molecule has 3 aromatic heterocycles. The molecule has 27 heavy (non-hydrogen) atoms. The van der Waals surface area contributed by atoms with Crippen molar-refractivity contribution < 1.29 is 5.11 Å². The fourth-order valence-corrected chi connectivity index (χ4v) is 2.57. The number of rotatable bonds is 6. The smallest absolute Gasteiger partial charge is 0.242 e. The van der Waals surface area contributed by atoms with Crippen LogP contribution in [-0.4, -0.2) is 53.0 Å². The van der Waals surface area contributed by atoms with Crippen LogP contribution in [0.5, 0.6) is 0 Å². The van der Waals surface area contributed by atoms with Crippen molar-refractivity contribution in [1.82, 2.24) is 34.7 Å². The first kappa shape index (κ1) is 18.5. The Morgan fingerprint density at radius 3 is 2.74 bits per heavy atom. The van der Waals surface area contributed by atoms with Gasteiger partial charge in [-0.3, -0.25) is 5.10 Å². The predicted octanol–water partition coefficient (Wildman–Crippen LogP) is 1.81. The zero-order valence-electron chi connectivity index (χ0n) is 14.4. The summed E-state index contributed by atoms with van der Waals surface area (Å²) in [5.41, 5.74) is 1.65. The Morgan fingerprint density at radius 2 is 1.96 bits per heavy atom. The number of aryl methyl sites for hydroxylation is 1. The van der Waals surface area contributed by atoms with Crippen LogP contribution in [0.1, 0.15) is 5.82 Å². The predicted molar refractivity (Wildman–Crippen MR) is 104 cm³/mol. The molecule has 10 nitrogen and oxygen atoms in total. The van der Waals surface area contributed by atoms with E-state index in [-0.39, 0.29) is 19.0 Å². The third-order valence-corrected chi connectivity index (χ3v) is 3.63. The van der Waals surface area contributed by atoms with Crippen LogP contribution < -0.4 is 10.6 Å². The van der Waals surface area contributed by atoms with Gasteiger partial charge in [0.15, 0.2) is 5.82 Å². The molecule has 0 aliphatic carbocycles. The van der Waals surface area contributed by atoms with Gasteiger partial charge >= 0.3 is 0 Å². The number of aliphatic hydroxyl groups is 1. The van der Waals surface area contributed by atoms with Crippen molar-refractivity contribution in [3.05, 3.63) is 42.4 Å². The summed E-state index contributed by atoms with van der Waals surface area (Å²) in [5, 5.41) is 22.0. The van der Waals surface area contributed by atoms with Crippen molar-refractivity contribution in [3.63, 3.8) is 0 Å². The molecule has 4 rings (SSSR count). The molecule has 1 aromatic carbocycles. The lowest BCUT2D eigenvalue weighted by atomic mass is 10.3. The SMILES string of the molecule is Cc1nc(NCCO)nc(-n2c(Nc3cc[nH]n3)nc3ccccc32)n1.Cl. The summed E-state index contributed by atoms with van der Waals surface area (Å²) in [6, 6.07) is 9.51. The number of nitrogens with one attached hydrogen (secondary N) is 3. The number of aromatic nitrogens is 7. The van der Waals surface area contributed by atoms with E-state index in [2.05, 4.69) is 40.8 Å². The Hall–Kier alpha value is -3.24. The summed E-state index contributed by atoms with van der Waals surface area (Å²) in [7, 11) is 0. The van der Waals surface area contributed by atoms with E-state index in [1.807, 2.05) is 28.8 Å². The number of hydrogen-bond acceptors (Lipinski definition) is 8. The Morgan fingerprint density at radius 1 is 1.11 bits per heavy atom. The van der Waals surface area contributed by atoms with Gasteiger partial charge in [-0.2, -0.15) is 20.1 Å². The number of aliphatic hydroxyl groups excluding tert-OH is 1. The van der Waals surface area contributed by atoms with Gasteiger partial charge in [0.2, 0.25) is 17.8 Å². The fourth-order valence-electron chi connectivity index (χ4n) is 2.57. The van der Waals surface area contributed by atoms with E-state index in [1.54, 1.807) is 19.2 Å². The van der Waals surface area contributed by atoms with Gasteiger partial charge in [-0.1, -0.05) is 12.1 Å². The highest BCUT2D eigenvalue weighted by Crippen LogP contribution is 2.25. The molecule has 0 unspecified atom stereocenters. The maximum absolute atomic E-state index is 9.01. The lowest BCUT2D eigenvalue weighted by Crippen LogP contribution is -2.13. The lowest BCUT2D eigenvalue weighted by Gasteiger charge is -2.10. The molecular formula is C16H18ClN9O. The molecule has 11 heteroatoms. The van der Waals surface area contributed by atoms with Crippen LogP contribution in [-0.2, 0) is 0 Å². The maximum Gasteiger partial charge on any atom is 0.242 e. The van der Waals surface area contributed by atoms with Crippen LogP contribution in [0.25, 0.3) is 17.0 Å². The molecule has 0 aliphatic heterocycles. The third-order valence-electron chi connectivity index (χ3n) is 3.63. The summed E-state index contributed by atoms with van der Waals surface area (Å²) < 4.78 is 1.81. The molecule has 4 aromatic rings. The zero-order valence-corrected chi connectivity index (χ0v) is 15.2. The zero-order chi connectivity index (χ0) is 17.9. The molecule has 0 spiro atoms. The van der Waals surface area contributed by atoms with Gasteiger partial charge in [0.1, 0.15) is 5.82 Å². The number of imidazole rings is 1. The molecule has 0 radical (unpaired) electrons. The largest absolute Gasteiger partial charge is 0.395 e. The van der Waals surface area contributed by atoms with E-state index in [4.69, 9.17) is 5.11 Å². The van der Waals surface area contributed by atoms with Crippen molar-refractivity contribution in [2.45, 2.75) is 6.92 Å². The molecule has 0 saturated heterocycles. The van der Waals surface area contributed by atoms with Gasteiger partial charge in [0, 0.05) is 18.8 Å². The first-order valence-electron chi connectivity index (χ1n) is 8.06. The summed E-state index contributed by atoms with van der Waals surface area (Å²) in [6.07, 6.45) is 1.72. The normalized spacial score (nSPS) is 10.6. The van der Waals surface area contributed by atoms with E-state index in [0.717, 1.165) is 11.0 Å². The van der Waals surface area contributed by atoms with Crippen LogP contribution in [0.2, 0.25) is 0 Å². The summed E-state index contributed by atoms with van der Waals surface area (Å²) in [4.78, 5) is 17.8. The van der Waals surface area contributed by atoms with Crippen LogP contribution in [0, 0.1) is 6.92 Å². The summed E-state index contributed by atoms with van der Waals surface area (Å²) >= 11 is 0. The number of H-pyrrole nitrogens is 1. The Kier molecular flexibility index (Phi) is 5.48. The second kappa shape index (κ2) is 7.98. The number of benzene rings is 1. The van der Waals surface area contributed by atoms with E-state index >= 15 is 0 Å². The molecular weight excluding hydrogens is 370 g/mol. The number of halogens is 1. The van der Waals surface area contributed by atoms with Crippen molar-refractivity contribution in [2.75, 3.05) is 23.8 Å². The number of para-hydroxylation sites is 2. The quantitative estimate of drug-likeness (QED) is 0.394. The average Bonchev–Trinajstić information content (AvgIpc) is 3.27. The van der Waals surface area contributed by atoms with Crippen molar-refractivity contribution in [2.24, 2.45) is 0 Å². The molecule has 0 fully saturated rings. The van der Waals surface area contributed by atoms with E-state index in [0.29, 0.717) is 36.0 Å². The number of anilines is 3. The molecule has 3 heterocycles. The minimum Gasteiger partial charge on any atom is -0.395 e. The van der Waals surface area contributed by atoms with Crippen LogP contribution in [0.3, 0.4) is 0 Å². The molecule has 0 atom stereocenters. The molecule has 0 bridgehead atoms. The highest BCUT2D eigenvalue weighted by Gasteiger charge is 2.16. The Bertz CT molecular complexity index is 1030. The topological polar surface area (TPSA) is 129 Å². The van der Waals surface area contributed by atoms with Gasteiger partial charge in [0.25, 0.3) is 0 Å². The highest BCUT2D eigenvalue weighted by molar-refractivity contribution is 5.85. The van der Waals surface area contributed by atoms with Crippen molar-refractivity contribution in [1.29, 1.82) is 0 Å². The number of aromatic amines is 1. The van der Waals surface area contributed by atoms with E-state index < -0.39 is 0 Å². The van der Waals surface area contributed by atoms with Crippen LogP contribution >= 0.6 is 12.4 Å². The lowest BCUT2D eigenvalue weighted by molar-refractivity contribution is 0.310. The van der Waals surface area contributed by atoms with Gasteiger partial charge in [-0.05, 0) is 19.1 Å². The van der Waals surface area contributed by atoms with Crippen molar-refractivity contribution in [3.8, 4) is 5.95 Å². The van der Waals surface area contributed by atoms with Gasteiger partial charge in [-0.15, -0.1) is 12.4 Å². The van der Waals surface area contributed by atoms with Gasteiger partial charge in [-0.25, -0.2) is 9.55 Å². The molecule has 0 amide bonds. The fraction of sp³-hybridized carbons (Fsp3) is 0.188. The standard InChI is InChI=1S/C16H17N9O.ClH/c1-10-19-14(17-8-9-26)23-15(20-10)25-12-5-3-2-4-11(12)21-16(25)22-13-6-7-18-24-13;/h2-7,26H,8-9H2,1H3,(H,17,19,20,23)(H2,18,21,22,24);1H. The minimum absolute atomic E-state index is 0. The number of nitrogens with zero attached hydrogens (tertiary/aromatic N) is 6. The summed E-state index contributed by atoms with van der Waals surface area (Å²) in [6.45, 7) is 2.13. The average molecular weight is 388 g/mol. The molecule has 0 saturated carbocycles. The summed E-state index contributed by atoms with van der Waals surface area (Å²) in [5.74, 6) is 2.54. The molecule has 4 N–H and O–H groups in total. The minimum atomic E-state index is -0.0139. The maximum atomic E-state index is 9.01. The highest BCUT2D eigenvalue weighted by atomic mass is 35.5. The Labute approximate surface area is 160 Å². The van der Waals surface area contributed by atoms with Gasteiger partial charge in [0.05, 0.1) is 17.6 Å². The first-order valence-corrected chi connectivity index (χ1v) is 8.06. The second-order valence-corrected chi connectivity index (χ2v) is 5.50. The van der Waals surface area contributed by atoms with Gasteiger partial charge < -0.3 is 15.7 Å². The molecule has 0 aliphatic rings. The van der Waals surface area contributed by atoms with Crippen molar-refractivity contribution >= 4 is 41.2 Å². The molecule has 140 valence electrons. The van der Waals surface area contributed by atoms with Crippen LogP contribution in [0.15, 0.2) is 36.5 Å². The second-order valence-electron chi connectivity index (χ2n) is 5.50.